The van der Waals surface area contributed by atoms with E-state index in [1.54, 1.807) is 45.2 Å². The van der Waals surface area contributed by atoms with Crippen molar-refractivity contribution in [3.8, 4) is 11.5 Å². The average Bonchev–Trinajstić information content (AvgIpc) is 1.67. The van der Waals surface area contributed by atoms with E-state index in [2.05, 4.69) is 24.1 Å². The summed E-state index contributed by atoms with van der Waals surface area (Å²) in [7, 11) is -9.52. The van der Waals surface area contributed by atoms with Crippen LogP contribution in [-0.2, 0) is 56.8 Å². The zero-order chi connectivity index (χ0) is 67.4. The van der Waals surface area contributed by atoms with E-state index < -0.39 is 144 Å². The normalized spacial score (nSPS) is 25.3. The third-order valence-corrected chi connectivity index (χ3v) is 19.8. The van der Waals surface area contributed by atoms with Crippen LogP contribution in [0.3, 0.4) is 0 Å². The number of benzene rings is 3. The van der Waals surface area contributed by atoms with Crippen LogP contribution in [0.25, 0.3) is 38.7 Å². The molecule has 0 spiro atoms. The van der Waals surface area contributed by atoms with Gasteiger partial charge in [-0.3, -0.25) is 47.6 Å². The molecule has 0 radical (unpaired) electrons. The first-order valence-electron chi connectivity index (χ1n) is 29.8. The van der Waals surface area contributed by atoms with Gasteiger partial charge in [0.05, 0.1) is 35.7 Å². The molecule has 1 aromatic heterocycles. The van der Waals surface area contributed by atoms with Gasteiger partial charge in [-0.05, 0) is 38.7 Å². The maximum absolute atomic E-state index is 15.1. The number of phenolic OH excluding ortho intramolecular Hbond substituents is 1. The standard InChI is InChI=1S/C61H81N5O23P2/c1-30(2)29-65-21-23-66(24-22-65)38-27-39(68)48-41(28-38)87-57-49(63-48)45-46-52(73)36(8)56-47(45)58(75)61(10,89-56)85-26-20-40(83-11)33(5)55(86-37(9)67)35(7)51(72)34(6)54(31(3)15-12-16-32(4)59(76)64-50(57)53(46)74)88-44(71)19-14-25-84-43(70)18-13-17-42(69)62-60(90(77,78)79)91(80,81)82/h12,15-16,20,26-28,30-31,33-35,40,51,54-55,60,72-73,75H,13-14,17-19,21-25,29H2,1-11H3,(H,62,69)(H,64,76)(H2,77,78,79)(H2,80,81,82)/b15-12+,26-20+,32-16-/t31-,33+,34-,35+,40-,51+,54-,55+,61-/m0/s1. The number of aromatic nitrogens is 1. The maximum atomic E-state index is 15.1. The molecule has 28 nitrogen and oxygen atoms in total. The third kappa shape index (κ3) is 16.3. The Morgan fingerprint density at radius 1 is 0.857 bits per heavy atom. The summed E-state index contributed by atoms with van der Waals surface area (Å²) in [5.41, 5.74) is -4.90. The van der Waals surface area contributed by atoms with Crippen LogP contribution < -0.4 is 36.3 Å². The second-order valence-electron chi connectivity index (χ2n) is 24.0. The predicted molar refractivity (Wildman–Crippen MR) is 332 cm³/mol. The molecule has 91 heavy (non-hydrogen) atoms. The van der Waals surface area contributed by atoms with Gasteiger partial charge in [0.15, 0.2) is 22.4 Å². The summed E-state index contributed by atoms with van der Waals surface area (Å²) in [5, 5.41) is 40.2. The second kappa shape index (κ2) is 29.1. The van der Waals surface area contributed by atoms with E-state index in [-0.39, 0.29) is 82.0 Å². The van der Waals surface area contributed by atoms with Crippen LogP contribution in [0.5, 0.6) is 11.5 Å². The van der Waals surface area contributed by atoms with Crippen molar-refractivity contribution in [1.29, 1.82) is 0 Å². The van der Waals surface area contributed by atoms with Crippen LogP contribution in [0.1, 0.15) is 100.0 Å². The van der Waals surface area contributed by atoms with Gasteiger partial charge in [0.2, 0.25) is 22.3 Å². The van der Waals surface area contributed by atoms with Crippen molar-refractivity contribution in [2.45, 2.75) is 137 Å². The highest BCUT2D eigenvalue weighted by atomic mass is 31.2. The smallest absolute Gasteiger partial charge is 0.360 e. The number of anilines is 2. The quantitative estimate of drug-likeness (QED) is 0.0165. The zero-order valence-electron chi connectivity index (χ0n) is 52.5. The Morgan fingerprint density at radius 3 is 2.13 bits per heavy atom. The highest BCUT2D eigenvalue weighted by molar-refractivity contribution is 7.70. The van der Waals surface area contributed by atoms with E-state index in [1.165, 1.54) is 65.4 Å². The Kier molecular flexibility index (Phi) is 22.8. The molecule has 3 aromatic carbocycles. The Bertz CT molecular complexity index is 3810. The molecule has 1 saturated heterocycles. The molecule has 0 saturated carbocycles. The number of aliphatic hydroxyl groups is 2. The maximum Gasteiger partial charge on any atom is 0.360 e. The SMILES string of the molecule is CO[C@H]1/C=C/O[C@@]2(C)Oc3c(C)c(O)c4c(=O)c(c5oc6cc(N7CCN(CC(C)C)CC7)cc(=O)c6nc5c4c3=C2O)NC(=O)/C(C)=C\C=C\[C@H](C)[C@H](OC(=O)CCCOC(=O)CCCC(=O)NC(P(=O)(O)O)P(=O)(O)O)[C@@H](C)[C@@H](O)[C@@H](C)[C@H](OC(C)=O)[C@@H]1C. The summed E-state index contributed by atoms with van der Waals surface area (Å²) >= 11 is 0. The summed E-state index contributed by atoms with van der Waals surface area (Å²) < 4.78 is 65.1. The molecule has 30 heteroatoms. The number of esters is 3. The average molecular weight is 1310 g/mol. The van der Waals surface area contributed by atoms with Crippen LogP contribution in [-0.4, -0.2) is 157 Å². The summed E-state index contributed by atoms with van der Waals surface area (Å²) in [6.45, 7) is 19.6. The number of carbonyl (C=O) groups excluding carboxylic acids is 5. The topological polar surface area (TPSA) is 407 Å². The molecule has 2 amide bonds. The van der Waals surface area contributed by atoms with E-state index >= 15 is 4.79 Å². The zero-order valence-corrected chi connectivity index (χ0v) is 54.3. The Balaban J connectivity index is 1.25. The molecule has 4 aromatic rings. The van der Waals surface area contributed by atoms with Crippen molar-refractivity contribution in [3.63, 3.8) is 0 Å². The molecule has 3 aliphatic heterocycles. The number of methoxy groups -OCH3 is 1. The molecule has 7 rings (SSSR count). The third-order valence-electron chi connectivity index (χ3n) is 16.5. The van der Waals surface area contributed by atoms with Gasteiger partial charge in [-0.25, -0.2) is 4.98 Å². The number of aromatic hydroxyl groups is 1. The molecule has 9 N–H and O–H groups in total. The lowest BCUT2D eigenvalue weighted by molar-refractivity contribution is -0.166. The van der Waals surface area contributed by atoms with E-state index in [0.29, 0.717) is 24.7 Å². The number of aliphatic hydroxyl groups excluding tert-OH is 2. The van der Waals surface area contributed by atoms with E-state index in [9.17, 15) is 72.8 Å². The number of piperazine rings is 1. The Morgan fingerprint density at radius 2 is 1.51 bits per heavy atom. The lowest BCUT2D eigenvalue weighted by atomic mass is 9.78. The van der Waals surface area contributed by atoms with Gasteiger partial charge in [0, 0.05) is 131 Å². The molecule has 0 unspecified atom stereocenters. The van der Waals surface area contributed by atoms with E-state index in [1.807, 2.05) is 4.90 Å². The molecule has 9 atom stereocenters. The monoisotopic (exact) mass is 1310 g/mol. The van der Waals surface area contributed by atoms with Crippen molar-refractivity contribution >= 4 is 95.0 Å². The first-order chi connectivity index (χ1) is 42.6. The summed E-state index contributed by atoms with van der Waals surface area (Å²) in [5.74, 6) is -10.6. The van der Waals surface area contributed by atoms with Crippen molar-refractivity contribution in [3.05, 3.63) is 79.5 Å². The van der Waals surface area contributed by atoms with Gasteiger partial charge >= 0.3 is 38.9 Å². The summed E-state index contributed by atoms with van der Waals surface area (Å²) in [6.07, 6.45) is 0.992. The van der Waals surface area contributed by atoms with Gasteiger partial charge < -0.3 is 83.3 Å². The van der Waals surface area contributed by atoms with Crippen molar-refractivity contribution in [1.82, 2.24) is 15.2 Å². The summed E-state index contributed by atoms with van der Waals surface area (Å²) in [6, 6.07) is 3.07. The van der Waals surface area contributed by atoms with Crippen LogP contribution in [0.2, 0.25) is 0 Å². The summed E-state index contributed by atoms with van der Waals surface area (Å²) in [4.78, 5) is 141. The number of hydrogen-bond acceptors (Lipinski definition) is 22. The minimum absolute atomic E-state index is 0.00789. The predicted octanol–water partition coefficient (Wildman–Crippen LogP) is 5.14. The molecule has 0 aliphatic carbocycles. The van der Waals surface area contributed by atoms with Crippen molar-refractivity contribution in [2.24, 2.45) is 29.6 Å². The number of nitrogens with zero attached hydrogens (tertiary/aromatic N) is 3. The number of carbonyl (C=O) groups is 5. The highest BCUT2D eigenvalue weighted by Gasteiger charge is 2.46. The number of phenols is 1. The molecule has 3 aliphatic rings. The lowest BCUT2D eigenvalue weighted by Gasteiger charge is -2.39. The first kappa shape index (κ1) is 71.2. The van der Waals surface area contributed by atoms with Gasteiger partial charge in [0.25, 0.3) is 5.91 Å². The molecule has 4 bridgehead atoms. The fraction of sp³-hybridized carbons (Fsp3) is 0.541. The van der Waals surface area contributed by atoms with E-state index in [4.69, 9.17) is 37.8 Å². The van der Waals surface area contributed by atoms with Gasteiger partial charge in [-0.1, -0.05) is 59.8 Å². The van der Waals surface area contributed by atoms with Crippen LogP contribution >= 0.6 is 15.2 Å². The number of hydrogen-bond donors (Lipinski definition) is 9. The molecular weight excluding hydrogens is 1230 g/mol. The second-order valence-corrected chi connectivity index (χ2v) is 27.8. The largest absolute Gasteiger partial charge is 0.507 e. The number of fused-ring (bicyclic) bond motifs is 2. The van der Waals surface area contributed by atoms with E-state index in [0.717, 1.165) is 19.6 Å². The highest BCUT2D eigenvalue weighted by Crippen LogP contribution is 2.58. The Hall–Kier alpha value is -7.26. The molecule has 1 fully saturated rings. The van der Waals surface area contributed by atoms with Gasteiger partial charge in [-0.15, -0.1) is 0 Å². The minimum Gasteiger partial charge on any atom is -0.507 e. The van der Waals surface area contributed by atoms with Crippen molar-refractivity contribution < 1.29 is 101 Å². The first-order valence-corrected chi connectivity index (χ1v) is 33.1. The lowest BCUT2D eigenvalue weighted by Crippen LogP contribution is -2.47. The van der Waals surface area contributed by atoms with Crippen LogP contribution in [0.4, 0.5) is 11.4 Å². The number of amides is 2. The minimum atomic E-state index is -5.45. The molecule has 4 heterocycles. The number of rotatable bonds is 17. The van der Waals surface area contributed by atoms with Gasteiger partial charge in [-0.2, -0.15) is 0 Å². The van der Waals surface area contributed by atoms with Gasteiger partial charge in [0.1, 0.15) is 34.9 Å². The number of ether oxygens (including phenoxy) is 6. The number of nitrogens with one attached hydrogen (secondary N) is 2. The van der Waals surface area contributed by atoms with Crippen LogP contribution in [0, 0.1) is 36.5 Å². The molecular formula is C61H81N5O23P2. The fourth-order valence-corrected chi connectivity index (χ4v) is 13.8. The van der Waals surface area contributed by atoms with Crippen molar-refractivity contribution in [2.75, 3.05) is 56.7 Å². The fourth-order valence-electron chi connectivity index (χ4n) is 11.6. The number of allylic oxidation sites excluding steroid dienone is 2. The van der Waals surface area contributed by atoms with Crippen LogP contribution in [0.15, 0.2) is 62.3 Å². The Labute approximate surface area is 523 Å². The molecule has 498 valence electrons.